The molecule has 0 radical (unpaired) electrons. The van der Waals surface area contributed by atoms with E-state index in [2.05, 4.69) is 0 Å². The van der Waals surface area contributed by atoms with Gasteiger partial charge in [-0.3, -0.25) is 0 Å². The molecule has 0 spiro atoms. The molecule has 0 heterocycles. The first kappa shape index (κ1) is 9.18. The highest BCUT2D eigenvalue weighted by atomic mass is 35.5. The van der Waals surface area contributed by atoms with E-state index in [0.717, 1.165) is 0 Å². The Morgan fingerprint density at radius 1 is 1.42 bits per heavy atom. The summed E-state index contributed by atoms with van der Waals surface area (Å²) in [6.07, 6.45) is 0. The molecule has 2 nitrogen and oxygen atoms in total. The van der Waals surface area contributed by atoms with E-state index in [4.69, 9.17) is 33.2 Å². The van der Waals surface area contributed by atoms with Crippen LogP contribution in [0.25, 0.3) is 0 Å². The largest absolute Gasteiger partial charge is 0.494 e. The van der Waals surface area contributed by atoms with Gasteiger partial charge in [0.15, 0.2) is 5.75 Å². The van der Waals surface area contributed by atoms with E-state index in [0.29, 0.717) is 16.3 Å². The summed E-state index contributed by atoms with van der Waals surface area (Å²) >= 11 is 11.5. The maximum Gasteiger partial charge on any atom is 0.157 e. The second-order valence-corrected chi connectivity index (χ2v) is 2.84. The fraction of sp³-hybridized carbons (Fsp3) is 0.125. The third-order valence-corrected chi connectivity index (χ3v) is 2.05. The molecular formula is C8H5Cl2NO. The van der Waals surface area contributed by atoms with E-state index in [-0.39, 0.29) is 5.02 Å². The predicted octanol–water partition coefficient (Wildman–Crippen LogP) is 2.87. The van der Waals surface area contributed by atoms with Crippen molar-refractivity contribution in [2.75, 3.05) is 7.11 Å². The average Bonchev–Trinajstić information content (AvgIpc) is 2.06. The van der Waals surface area contributed by atoms with Gasteiger partial charge < -0.3 is 4.74 Å². The van der Waals surface area contributed by atoms with Crippen LogP contribution in [0.4, 0.5) is 0 Å². The molecule has 0 amide bonds. The van der Waals surface area contributed by atoms with E-state index in [1.165, 1.54) is 7.11 Å². The number of nitrogens with zero attached hydrogens (tertiary/aromatic N) is 1. The smallest absolute Gasteiger partial charge is 0.157 e. The molecule has 0 N–H and O–H groups in total. The van der Waals surface area contributed by atoms with Crippen molar-refractivity contribution in [3.63, 3.8) is 0 Å². The summed E-state index contributed by atoms with van der Waals surface area (Å²) in [6, 6.07) is 5.05. The van der Waals surface area contributed by atoms with Gasteiger partial charge in [-0.05, 0) is 12.1 Å². The molecule has 0 aliphatic rings. The first-order chi connectivity index (χ1) is 5.70. The van der Waals surface area contributed by atoms with Gasteiger partial charge in [-0.15, -0.1) is 0 Å². The van der Waals surface area contributed by atoms with Crippen LogP contribution in [0.15, 0.2) is 12.1 Å². The minimum absolute atomic E-state index is 0.257. The number of nitriles is 1. The second-order valence-electron chi connectivity index (χ2n) is 2.05. The molecule has 0 fully saturated rings. The monoisotopic (exact) mass is 201 g/mol. The van der Waals surface area contributed by atoms with Crippen LogP contribution >= 0.6 is 23.2 Å². The van der Waals surface area contributed by atoms with Crippen LogP contribution < -0.4 is 4.74 Å². The van der Waals surface area contributed by atoms with Gasteiger partial charge in [0.2, 0.25) is 0 Å². The number of rotatable bonds is 1. The molecule has 0 saturated carbocycles. The number of ether oxygens (including phenoxy) is 1. The minimum atomic E-state index is 0.257. The molecule has 4 heteroatoms. The number of benzene rings is 1. The molecule has 0 bridgehead atoms. The lowest BCUT2D eigenvalue weighted by Gasteiger charge is -2.05. The highest BCUT2D eigenvalue weighted by molar-refractivity contribution is 6.37. The normalized spacial score (nSPS) is 9.17. The predicted molar refractivity (Wildman–Crippen MR) is 47.7 cm³/mol. The van der Waals surface area contributed by atoms with Crippen molar-refractivity contribution in [3.8, 4) is 11.8 Å². The third kappa shape index (κ3) is 1.47. The zero-order valence-corrected chi connectivity index (χ0v) is 7.78. The fourth-order valence-electron chi connectivity index (χ4n) is 0.806. The van der Waals surface area contributed by atoms with Gasteiger partial charge in [0.05, 0.1) is 17.7 Å². The molecule has 0 unspecified atom stereocenters. The molecule has 0 aromatic heterocycles. The van der Waals surface area contributed by atoms with E-state index in [1.54, 1.807) is 12.1 Å². The lowest BCUT2D eigenvalue weighted by Crippen LogP contribution is -1.87. The lowest BCUT2D eigenvalue weighted by molar-refractivity contribution is 0.415. The van der Waals surface area contributed by atoms with Gasteiger partial charge in [0.25, 0.3) is 0 Å². The third-order valence-electron chi connectivity index (χ3n) is 1.37. The Labute approximate surface area is 80.3 Å². The standard InChI is InChI=1S/C8H5Cl2NO/c1-12-8-6(9)3-2-5(4-11)7(8)10/h2-3H,1H3. The van der Waals surface area contributed by atoms with Crippen LogP contribution in [0.5, 0.6) is 5.75 Å². The lowest BCUT2D eigenvalue weighted by atomic mass is 10.2. The quantitative estimate of drug-likeness (QED) is 0.701. The zero-order chi connectivity index (χ0) is 9.14. The van der Waals surface area contributed by atoms with Gasteiger partial charge in [0.1, 0.15) is 11.1 Å². The topological polar surface area (TPSA) is 33.0 Å². The molecule has 0 aliphatic carbocycles. The van der Waals surface area contributed by atoms with Crippen molar-refractivity contribution < 1.29 is 4.74 Å². The van der Waals surface area contributed by atoms with Crippen LogP contribution in [0.1, 0.15) is 5.56 Å². The van der Waals surface area contributed by atoms with E-state index < -0.39 is 0 Å². The second kappa shape index (κ2) is 3.66. The summed E-state index contributed by atoms with van der Waals surface area (Å²) in [4.78, 5) is 0. The summed E-state index contributed by atoms with van der Waals surface area (Å²) < 4.78 is 4.90. The molecule has 62 valence electrons. The summed E-state index contributed by atoms with van der Waals surface area (Å²) in [5.74, 6) is 0.345. The van der Waals surface area contributed by atoms with Crippen molar-refractivity contribution in [1.29, 1.82) is 5.26 Å². The fourth-order valence-corrected chi connectivity index (χ4v) is 1.37. The first-order valence-corrected chi connectivity index (χ1v) is 3.88. The van der Waals surface area contributed by atoms with Crippen molar-refractivity contribution in [2.45, 2.75) is 0 Å². The number of hydrogen-bond donors (Lipinski definition) is 0. The molecule has 12 heavy (non-hydrogen) atoms. The van der Waals surface area contributed by atoms with Gasteiger partial charge in [-0.2, -0.15) is 5.26 Å². The first-order valence-electron chi connectivity index (χ1n) is 3.12. The van der Waals surface area contributed by atoms with Crippen LogP contribution in [0.3, 0.4) is 0 Å². The molecule has 0 saturated heterocycles. The Balaban J connectivity index is 3.36. The van der Waals surface area contributed by atoms with Crippen LogP contribution in [0, 0.1) is 11.3 Å². The van der Waals surface area contributed by atoms with E-state index in [1.807, 2.05) is 6.07 Å². The number of halogens is 2. The summed E-state index contributed by atoms with van der Waals surface area (Å²) in [5, 5.41) is 9.26. The molecule has 1 aromatic rings. The van der Waals surface area contributed by atoms with Gasteiger partial charge in [0, 0.05) is 0 Å². The molecule has 1 aromatic carbocycles. The summed E-state index contributed by atoms with van der Waals surface area (Å²) in [6.45, 7) is 0. The number of hydrogen-bond acceptors (Lipinski definition) is 2. The van der Waals surface area contributed by atoms with Gasteiger partial charge in [-0.25, -0.2) is 0 Å². The average molecular weight is 202 g/mol. The molecular weight excluding hydrogens is 197 g/mol. The van der Waals surface area contributed by atoms with Gasteiger partial charge >= 0.3 is 0 Å². The van der Waals surface area contributed by atoms with Crippen molar-refractivity contribution in [2.24, 2.45) is 0 Å². The molecule has 0 atom stereocenters. The highest BCUT2D eigenvalue weighted by Crippen LogP contribution is 2.34. The maximum atomic E-state index is 8.60. The highest BCUT2D eigenvalue weighted by Gasteiger charge is 2.09. The molecule has 0 aliphatic heterocycles. The Bertz CT molecular complexity index is 344. The maximum absolute atomic E-state index is 8.60. The van der Waals surface area contributed by atoms with Crippen molar-refractivity contribution >= 4 is 23.2 Å². The molecule has 1 rings (SSSR count). The van der Waals surface area contributed by atoms with Crippen molar-refractivity contribution in [3.05, 3.63) is 27.7 Å². The van der Waals surface area contributed by atoms with E-state index >= 15 is 0 Å². The van der Waals surface area contributed by atoms with Crippen molar-refractivity contribution in [1.82, 2.24) is 0 Å². The van der Waals surface area contributed by atoms with Gasteiger partial charge in [-0.1, -0.05) is 23.2 Å². The van der Waals surface area contributed by atoms with Crippen LogP contribution in [-0.2, 0) is 0 Å². The van der Waals surface area contributed by atoms with Crippen LogP contribution in [0.2, 0.25) is 10.0 Å². The number of methoxy groups -OCH3 is 1. The Kier molecular flexibility index (Phi) is 2.80. The SMILES string of the molecule is COc1c(Cl)ccc(C#N)c1Cl. The van der Waals surface area contributed by atoms with E-state index in [9.17, 15) is 0 Å². The Hall–Kier alpha value is -0.910. The summed E-state index contributed by atoms with van der Waals surface area (Å²) in [5.41, 5.74) is 0.359. The summed E-state index contributed by atoms with van der Waals surface area (Å²) in [7, 11) is 1.45. The minimum Gasteiger partial charge on any atom is -0.494 e. The Morgan fingerprint density at radius 3 is 2.58 bits per heavy atom. The zero-order valence-electron chi connectivity index (χ0n) is 6.27. The van der Waals surface area contributed by atoms with Crippen LogP contribution in [-0.4, -0.2) is 7.11 Å². The Morgan fingerprint density at radius 2 is 2.08 bits per heavy atom.